The smallest absolute Gasteiger partial charge is 0.259 e. The number of rotatable bonds is 4. The van der Waals surface area contributed by atoms with Crippen molar-refractivity contribution in [2.75, 3.05) is 18.8 Å². The molecule has 0 aliphatic carbocycles. The van der Waals surface area contributed by atoms with E-state index in [9.17, 15) is 4.79 Å². The van der Waals surface area contributed by atoms with E-state index in [1.165, 1.54) is 0 Å². The van der Waals surface area contributed by atoms with Crippen molar-refractivity contribution in [3.05, 3.63) is 53.6 Å². The van der Waals surface area contributed by atoms with E-state index < -0.39 is 0 Å². The summed E-state index contributed by atoms with van der Waals surface area (Å²) in [6, 6.07) is 3.71. The van der Waals surface area contributed by atoms with Crippen molar-refractivity contribution < 1.29 is 9.32 Å². The Morgan fingerprint density at radius 1 is 1.34 bits per heavy atom. The van der Waals surface area contributed by atoms with Crippen LogP contribution in [0.4, 0.5) is 5.82 Å². The minimum absolute atomic E-state index is 0.0290. The minimum atomic E-state index is -0.0290. The lowest BCUT2D eigenvalue weighted by Crippen LogP contribution is -2.29. The third-order valence-corrected chi connectivity index (χ3v) is 5.35. The number of amides is 1. The molecule has 1 amide bonds. The number of pyridine rings is 1. The van der Waals surface area contributed by atoms with Crippen LogP contribution in [-0.2, 0) is 0 Å². The van der Waals surface area contributed by atoms with Crippen LogP contribution in [0.1, 0.15) is 59.6 Å². The number of likely N-dealkylation sites (tertiary alicyclic amines) is 1. The molecule has 4 heterocycles. The number of nitrogens with zero attached hydrogens (tertiary/aromatic N) is 5. The van der Waals surface area contributed by atoms with E-state index in [0.29, 0.717) is 35.9 Å². The Labute approximate surface area is 169 Å². The van der Waals surface area contributed by atoms with E-state index in [1.807, 2.05) is 30.9 Å². The van der Waals surface area contributed by atoms with Gasteiger partial charge in [-0.1, -0.05) is 19.0 Å². The molecule has 4 rings (SSSR count). The molecule has 0 aromatic carbocycles. The lowest BCUT2D eigenvalue weighted by Gasteiger charge is -2.18. The van der Waals surface area contributed by atoms with E-state index in [2.05, 4.69) is 20.1 Å². The largest absolute Gasteiger partial charge is 0.384 e. The maximum atomic E-state index is 13.2. The number of hydrogen-bond donors (Lipinski definition) is 1. The van der Waals surface area contributed by atoms with Crippen LogP contribution in [0.5, 0.6) is 0 Å². The molecule has 0 unspecified atom stereocenters. The van der Waals surface area contributed by atoms with Crippen molar-refractivity contribution in [1.29, 1.82) is 0 Å². The van der Waals surface area contributed by atoms with Crippen LogP contribution in [0.25, 0.3) is 11.1 Å². The second kappa shape index (κ2) is 7.62. The summed E-state index contributed by atoms with van der Waals surface area (Å²) in [6.07, 6.45) is 5.85. The minimum Gasteiger partial charge on any atom is -0.384 e. The van der Waals surface area contributed by atoms with Gasteiger partial charge in [0.05, 0.1) is 11.4 Å². The zero-order valence-corrected chi connectivity index (χ0v) is 16.8. The fourth-order valence-corrected chi connectivity index (χ4v) is 3.87. The molecular weight excluding hydrogens is 368 g/mol. The average molecular weight is 392 g/mol. The molecule has 1 saturated heterocycles. The van der Waals surface area contributed by atoms with Gasteiger partial charge in [0, 0.05) is 37.0 Å². The number of aryl methyl sites for hydroxylation is 1. The van der Waals surface area contributed by atoms with Gasteiger partial charge < -0.3 is 15.2 Å². The Hall–Kier alpha value is -3.29. The number of hydrogen-bond acceptors (Lipinski definition) is 7. The molecular formula is C21H24N6O2. The quantitative estimate of drug-likeness (QED) is 0.726. The van der Waals surface area contributed by atoms with Crippen LogP contribution in [-0.4, -0.2) is 44.0 Å². The van der Waals surface area contributed by atoms with Crippen LogP contribution in [0.2, 0.25) is 0 Å². The Morgan fingerprint density at radius 2 is 2.17 bits per heavy atom. The molecule has 0 radical (unpaired) electrons. The summed E-state index contributed by atoms with van der Waals surface area (Å²) in [5.41, 5.74) is 9.92. The summed E-state index contributed by atoms with van der Waals surface area (Å²) >= 11 is 0. The molecule has 3 aromatic rings. The van der Waals surface area contributed by atoms with Crippen LogP contribution in [0.15, 0.2) is 35.4 Å². The highest BCUT2D eigenvalue weighted by atomic mass is 16.5. The van der Waals surface area contributed by atoms with Crippen molar-refractivity contribution in [2.45, 2.75) is 39.0 Å². The standard InChI is InChI=1S/C21H24N6O2/c1-12(2)19-18(13(3)29-26-19)21(28)27-7-5-15(10-27)20-16(9-23-11-25-20)14-4-6-24-17(22)8-14/h4,6,8-9,11-12,15H,5,7,10H2,1-3H3,(H2,22,24)/t15-/m0/s1. The molecule has 1 aliphatic rings. The van der Waals surface area contributed by atoms with E-state index in [-0.39, 0.29) is 17.7 Å². The summed E-state index contributed by atoms with van der Waals surface area (Å²) in [5, 5.41) is 4.09. The first-order chi connectivity index (χ1) is 14.0. The molecule has 8 nitrogen and oxygen atoms in total. The highest BCUT2D eigenvalue weighted by molar-refractivity contribution is 5.96. The van der Waals surface area contributed by atoms with Gasteiger partial charge >= 0.3 is 0 Å². The predicted octanol–water partition coefficient (Wildman–Crippen LogP) is 3.17. The van der Waals surface area contributed by atoms with Gasteiger partial charge in [0.1, 0.15) is 23.5 Å². The number of nitrogen functional groups attached to an aromatic ring is 1. The molecule has 1 fully saturated rings. The van der Waals surface area contributed by atoms with E-state index in [0.717, 1.165) is 23.2 Å². The molecule has 1 atom stereocenters. The van der Waals surface area contributed by atoms with Crippen LogP contribution >= 0.6 is 0 Å². The Balaban J connectivity index is 1.60. The summed E-state index contributed by atoms with van der Waals surface area (Å²) in [5.74, 6) is 1.23. The molecule has 150 valence electrons. The van der Waals surface area contributed by atoms with Crippen LogP contribution in [0, 0.1) is 6.92 Å². The maximum Gasteiger partial charge on any atom is 0.259 e. The summed E-state index contributed by atoms with van der Waals surface area (Å²) in [6.45, 7) is 7.05. The lowest BCUT2D eigenvalue weighted by molar-refractivity contribution is 0.0787. The first-order valence-corrected chi connectivity index (χ1v) is 9.73. The Morgan fingerprint density at radius 3 is 2.93 bits per heavy atom. The van der Waals surface area contributed by atoms with Gasteiger partial charge in [-0.15, -0.1) is 0 Å². The van der Waals surface area contributed by atoms with Crippen LogP contribution < -0.4 is 5.73 Å². The van der Waals surface area contributed by atoms with E-state index in [1.54, 1.807) is 25.6 Å². The summed E-state index contributed by atoms with van der Waals surface area (Å²) in [7, 11) is 0. The predicted molar refractivity (Wildman–Crippen MR) is 108 cm³/mol. The van der Waals surface area contributed by atoms with Gasteiger partial charge in [0.15, 0.2) is 0 Å². The third-order valence-electron chi connectivity index (χ3n) is 5.35. The Kier molecular flexibility index (Phi) is 5.00. The average Bonchev–Trinajstić information content (AvgIpc) is 3.34. The van der Waals surface area contributed by atoms with Crippen molar-refractivity contribution in [3.63, 3.8) is 0 Å². The lowest BCUT2D eigenvalue weighted by atomic mass is 9.96. The SMILES string of the molecule is Cc1onc(C(C)C)c1C(=O)N1CC[C@H](c2ncncc2-c2ccnc(N)c2)C1. The van der Waals surface area contributed by atoms with Crippen molar-refractivity contribution in [2.24, 2.45) is 0 Å². The third kappa shape index (κ3) is 3.57. The van der Waals surface area contributed by atoms with Crippen molar-refractivity contribution >= 4 is 11.7 Å². The molecule has 3 aromatic heterocycles. The second-order valence-electron chi connectivity index (χ2n) is 7.68. The van der Waals surface area contributed by atoms with Crippen LogP contribution in [0.3, 0.4) is 0 Å². The topological polar surface area (TPSA) is 111 Å². The maximum absolute atomic E-state index is 13.2. The highest BCUT2D eigenvalue weighted by Gasteiger charge is 2.33. The van der Waals surface area contributed by atoms with Gasteiger partial charge in [0.2, 0.25) is 0 Å². The van der Waals surface area contributed by atoms with Crippen molar-refractivity contribution in [1.82, 2.24) is 25.0 Å². The fraction of sp³-hybridized carbons (Fsp3) is 0.381. The normalized spacial score (nSPS) is 16.6. The number of nitrogens with two attached hydrogens (primary N) is 1. The highest BCUT2D eigenvalue weighted by Crippen LogP contribution is 2.34. The molecule has 1 aliphatic heterocycles. The molecule has 2 N–H and O–H groups in total. The van der Waals surface area contributed by atoms with Gasteiger partial charge in [-0.2, -0.15) is 0 Å². The number of carbonyl (C=O) groups excluding carboxylic acids is 1. The zero-order chi connectivity index (χ0) is 20.5. The summed E-state index contributed by atoms with van der Waals surface area (Å²) < 4.78 is 5.30. The number of anilines is 1. The number of carbonyl (C=O) groups is 1. The molecule has 0 bridgehead atoms. The van der Waals surface area contributed by atoms with Gasteiger partial charge in [0.25, 0.3) is 5.91 Å². The molecule has 29 heavy (non-hydrogen) atoms. The van der Waals surface area contributed by atoms with Gasteiger partial charge in [-0.05, 0) is 37.0 Å². The fourth-order valence-electron chi connectivity index (χ4n) is 3.87. The molecule has 8 heteroatoms. The first kappa shape index (κ1) is 19.0. The summed E-state index contributed by atoms with van der Waals surface area (Å²) in [4.78, 5) is 27.9. The van der Waals surface area contributed by atoms with Crippen molar-refractivity contribution in [3.8, 4) is 11.1 Å². The number of aromatic nitrogens is 4. The molecule has 0 spiro atoms. The second-order valence-corrected chi connectivity index (χ2v) is 7.68. The zero-order valence-electron chi connectivity index (χ0n) is 16.8. The van der Waals surface area contributed by atoms with E-state index in [4.69, 9.17) is 10.3 Å². The first-order valence-electron chi connectivity index (χ1n) is 9.73. The monoisotopic (exact) mass is 392 g/mol. The van der Waals surface area contributed by atoms with E-state index >= 15 is 0 Å². The van der Waals surface area contributed by atoms with Gasteiger partial charge in [-0.25, -0.2) is 15.0 Å². The van der Waals surface area contributed by atoms with Gasteiger partial charge in [-0.3, -0.25) is 4.79 Å². The Bertz CT molecular complexity index is 1050. The molecule has 0 saturated carbocycles.